The molecule has 2 unspecified atom stereocenters. The first-order valence-electron chi connectivity index (χ1n) is 6.19. The molecule has 3 atom stereocenters. The lowest BCUT2D eigenvalue weighted by Gasteiger charge is -2.23. The van der Waals surface area contributed by atoms with Crippen LogP contribution in [-0.2, 0) is 0 Å². The fourth-order valence-electron chi connectivity index (χ4n) is 2.63. The Morgan fingerprint density at radius 3 is 2.69 bits per heavy atom. The summed E-state index contributed by atoms with van der Waals surface area (Å²) in [5, 5.41) is 4.57. The van der Waals surface area contributed by atoms with Crippen LogP contribution in [0, 0.1) is 5.92 Å². The minimum atomic E-state index is 0.347. The highest BCUT2D eigenvalue weighted by atomic mass is 35.5. The molecule has 2 heteroatoms. The Bertz CT molecular complexity index is 350. The second kappa shape index (κ2) is 5.20. The lowest BCUT2D eigenvalue weighted by molar-refractivity contribution is 0.388. The van der Waals surface area contributed by atoms with Crippen LogP contribution in [0.25, 0.3) is 0 Å². The summed E-state index contributed by atoms with van der Waals surface area (Å²) in [5.74, 6) is 0.796. The molecule has 1 N–H and O–H groups in total. The van der Waals surface area contributed by atoms with Crippen LogP contribution in [0.3, 0.4) is 0 Å². The maximum atomic E-state index is 6.20. The van der Waals surface area contributed by atoms with Gasteiger partial charge in [0, 0.05) is 17.1 Å². The fourth-order valence-corrected chi connectivity index (χ4v) is 2.93. The molecule has 0 spiro atoms. The average Bonchev–Trinajstić information content (AvgIpc) is 2.65. The van der Waals surface area contributed by atoms with Crippen LogP contribution in [0.1, 0.15) is 44.7 Å². The maximum Gasteiger partial charge on any atom is 0.0453 e. The molecule has 2 rings (SSSR count). The van der Waals surface area contributed by atoms with Crippen LogP contribution < -0.4 is 5.32 Å². The van der Waals surface area contributed by atoms with Crippen molar-refractivity contribution in [1.82, 2.24) is 5.32 Å². The molecule has 1 aliphatic rings. The Kier molecular flexibility index (Phi) is 3.88. The van der Waals surface area contributed by atoms with Crippen LogP contribution in [0.4, 0.5) is 0 Å². The molecule has 16 heavy (non-hydrogen) atoms. The second-order valence-electron chi connectivity index (χ2n) is 4.92. The number of rotatable bonds is 3. The third-order valence-corrected chi connectivity index (χ3v) is 4.04. The van der Waals surface area contributed by atoms with E-state index in [-0.39, 0.29) is 0 Å². The molecular formula is C14H20ClN. The van der Waals surface area contributed by atoms with Crippen LogP contribution in [-0.4, -0.2) is 6.04 Å². The standard InChI is InChI=1S/C14H20ClN/c1-10-6-5-9-14(10)16-11(2)12-7-3-4-8-13(12)15/h3-4,7-8,10-11,14,16H,5-6,9H2,1-2H3/t10?,11-,14?/m0/s1. The first-order chi connectivity index (χ1) is 7.68. The van der Waals surface area contributed by atoms with Crippen molar-refractivity contribution in [2.75, 3.05) is 0 Å². The molecule has 0 aliphatic heterocycles. The average molecular weight is 238 g/mol. The van der Waals surface area contributed by atoms with Gasteiger partial charge in [0.15, 0.2) is 0 Å². The number of hydrogen-bond acceptors (Lipinski definition) is 1. The van der Waals surface area contributed by atoms with Crippen LogP contribution in [0.2, 0.25) is 5.02 Å². The van der Waals surface area contributed by atoms with Gasteiger partial charge in [0.1, 0.15) is 0 Å². The minimum absolute atomic E-state index is 0.347. The first kappa shape index (κ1) is 11.9. The number of hydrogen-bond donors (Lipinski definition) is 1. The summed E-state index contributed by atoms with van der Waals surface area (Å²) in [5.41, 5.74) is 1.21. The predicted molar refractivity (Wildman–Crippen MR) is 69.8 cm³/mol. The Hall–Kier alpha value is -0.530. The van der Waals surface area contributed by atoms with Gasteiger partial charge in [0.2, 0.25) is 0 Å². The summed E-state index contributed by atoms with van der Waals surface area (Å²) in [4.78, 5) is 0. The Balaban J connectivity index is 2.03. The molecule has 88 valence electrons. The van der Waals surface area contributed by atoms with Gasteiger partial charge in [-0.3, -0.25) is 0 Å². The van der Waals surface area contributed by atoms with E-state index in [0.717, 1.165) is 10.9 Å². The lowest BCUT2D eigenvalue weighted by Crippen LogP contribution is -2.33. The molecule has 0 saturated heterocycles. The molecule has 0 heterocycles. The molecule has 1 aromatic rings. The van der Waals surface area contributed by atoms with Gasteiger partial charge in [-0.25, -0.2) is 0 Å². The van der Waals surface area contributed by atoms with Crippen molar-refractivity contribution < 1.29 is 0 Å². The van der Waals surface area contributed by atoms with Gasteiger partial charge in [-0.15, -0.1) is 0 Å². The normalized spacial score (nSPS) is 26.9. The highest BCUT2D eigenvalue weighted by Crippen LogP contribution is 2.29. The molecule has 1 saturated carbocycles. The highest BCUT2D eigenvalue weighted by molar-refractivity contribution is 6.31. The quantitative estimate of drug-likeness (QED) is 0.832. The largest absolute Gasteiger partial charge is 0.307 e. The molecule has 1 aromatic carbocycles. The Labute approximate surface area is 103 Å². The fraction of sp³-hybridized carbons (Fsp3) is 0.571. The lowest BCUT2D eigenvalue weighted by atomic mass is 10.0. The summed E-state index contributed by atoms with van der Waals surface area (Å²) in [7, 11) is 0. The third-order valence-electron chi connectivity index (χ3n) is 3.70. The van der Waals surface area contributed by atoms with Crippen molar-refractivity contribution in [2.24, 2.45) is 5.92 Å². The SMILES string of the molecule is CC1CCCC1N[C@@H](C)c1ccccc1Cl. The van der Waals surface area contributed by atoms with E-state index >= 15 is 0 Å². The van der Waals surface area contributed by atoms with Gasteiger partial charge in [-0.1, -0.05) is 43.1 Å². The van der Waals surface area contributed by atoms with Crippen molar-refractivity contribution >= 4 is 11.6 Å². The molecular weight excluding hydrogens is 218 g/mol. The zero-order valence-electron chi connectivity index (χ0n) is 10.0. The first-order valence-corrected chi connectivity index (χ1v) is 6.56. The molecule has 0 aromatic heterocycles. The monoisotopic (exact) mass is 237 g/mol. The number of halogens is 1. The van der Waals surface area contributed by atoms with Gasteiger partial charge < -0.3 is 5.32 Å². The number of benzene rings is 1. The molecule has 0 amide bonds. The van der Waals surface area contributed by atoms with Crippen molar-refractivity contribution in [3.05, 3.63) is 34.9 Å². The van der Waals surface area contributed by atoms with E-state index in [9.17, 15) is 0 Å². The van der Waals surface area contributed by atoms with E-state index in [0.29, 0.717) is 12.1 Å². The van der Waals surface area contributed by atoms with E-state index in [1.54, 1.807) is 0 Å². The topological polar surface area (TPSA) is 12.0 Å². The van der Waals surface area contributed by atoms with Gasteiger partial charge in [0.05, 0.1) is 0 Å². The van der Waals surface area contributed by atoms with Crippen LogP contribution in [0.15, 0.2) is 24.3 Å². The zero-order valence-corrected chi connectivity index (χ0v) is 10.8. The van der Waals surface area contributed by atoms with Gasteiger partial charge >= 0.3 is 0 Å². The molecule has 0 bridgehead atoms. The summed E-state index contributed by atoms with van der Waals surface area (Å²) in [6.45, 7) is 4.54. The van der Waals surface area contributed by atoms with Gasteiger partial charge in [-0.05, 0) is 37.3 Å². The van der Waals surface area contributed by atoms with Crippen molar-refractivity contribution in [3.8, 4) is 0 Å². The second-order valence-corrected chi connectivity index (χ2v) is 5.33. The Morgan fingerprint density at radius 2 is 2.06 bits per heavy atom. The molecule has 1 nitrogen and oxygen atoms in total. The summed E-state index contributed by atoms with van der Waals surface area (Å²) in [6.07, 6.45) is 4.01. The van der Waals surface area contributed by atoms with Crippen LogP contribution >= 0.6 is 11.6 Å². The van der Waals surface area contributed by atoms with E-state index in [4.69, 9.17) is 11.6 Å². The zero-order chi connectivity index (χ0) is 11.5. The minimum Gasteiger partial charge on any atom is -0.307 e. The van der Waals surface area contributed by atoms with Crippen molar-refractivity contribution in [3.63, 3.8) is 0 Å². The van der Waals surface area contributed by atoms with E-state index in [2.05, 4.69) is 31.3 Å². The number of nitrogens with one attached hydrogen (secondary N) is 1. The molecule has 1 aliphatic carbocycles. The Morgan fingerprint density at radius 1 is 1.31 bits per heavy atom. The maximum absolute atomic E-state index is 6.20. The molecule has 0 radical (unpaired) electrons. The van der Waals surface area contributed by atoms with E-state index in [1.165, 1.54) is 24.8 Å². The van der Waals surface area contributed by atoms with Gasteiger partial charge in [0.25, 0.3) is 0 Å². The summed E-state index contributed by atoms with van der Waals surface area (Å²) in [6, 6.07) is 9.12. The predicted octanol–water partition coefficient (Wildman–Crippen LogP) is 4.18. The third kappa shape index (κ3) is 2.58. The summed E-state index contributed by atoms with van der Waals surface area (Å²) >= 11 is 6.20. The highest BCUT2D eigenvalue weighted by Gasteiger charge is 2.24. The van der Waals surface area contributed by atoms with Crippen molar-refractivity contribution in [2.45, 2.75) is 45.2 Å². The summed E-state index contributed by atoms with van der Waals surface area (Å²) < 4.78 is 0. The smallest absolute Gasteiger partial charge is 0.0453 e. The molecule has 1 fully saturated rings. The van der Waals surface area contributed by atoms with E-state index < -0.39 is 0 Å². The van der Waals surface area contributed by atoms with Gasteiger partial charge in [-0.2, -0.15) is 0 Å². The van der Waals surface area contributed by atoms with Crippen LogP contribution in [0.5, 0.6) is 0 Å². The van der Waals surface area contributed by atoms with E-state index in [1.807, 2.05) is 12.1 Å². The van der Waals surface area contributed by atoms with Crippen molar-refractivity contribution in [1.29, 1.82) is 0 Å².